The first kappa shape index (κ1) is 12.7. The number of rotatable bonds is 3. The van der Waals surface area contributed by atoms with E-state index >= 15 is 0 Å². The van der Waals surface area contributed by atoms with Gasteiger partial charge in [0.1, 0.15) is 0 Å². The molecule has 1 saturated carbocycles. The van der Waals surface area contributed by atoms with Gasteiger partial charge in [0.25, 0.3) is 5.91 Å². The van der Waals surface area contributed by atoms with E-state index < -0.39 is 0 Å². The second kappa shape index (κ2) is 5.25. The van der Waals surface area contributed by atoms with E-state index in [2.05, 4.69) is 5.32 Å². The highest BCUT2D eigenvalue weighted by Gasteiger charge is 2.26. The molecule has 92 valence electrons. The predicted octanol–water partition coefficient (Wildman–Crippen LogP) is 2.46. The van der Waals surface area contributed by atoms with E-state index in [9.17, 15) is 4.79 Å². The van der Waals surface area contributed by atoms with Gasteiger partial charge < -0.3 is 11.1 Å². The zero-order chi connectivity index (χ0) is 12.4. The molecule has 0 aromatic heterocycles. The first-order valence-corrected chi connectivity index (χ1v) is 6.31. The molecule has 17 heavy (non-hydrogen) atoms. The molecule has 0 radical (unpaired) electrons. The first-order chi connectivity index (χ1) is 8.08. The minimum absolute atomic E-state index is 0.221. The maximum Gasteiger partial charge on any atom is 0.254 e. The summed E-state index contributed by atoms with van der Waals surface area (Å²) < 4.78 is 0. The predicted molar refractivity (Wildman–Crippen MR) is 69.5 cm³/mol. The minimum atomic E-state index is -0.221. The van der Waals surface area contributed by atoms with Crippen LogP contribution in [0.3, 0.4) is 0 Å². The molecule has 1 amide bonds. The van der Waals surface area contributed by atoms with E-state index in [0.717, 1.165) is 12.8 Å². The van der Waals surface area contributed by atoms with Crippen LogP contribution in [0.1, 0.15) is 23.2 Å². The van der Waals surface area contributed by atoms with Gasteiger partial charge in [-0.25, -0.2) is 0 Å². The Hall–Kier alpha value is -0.770. The maximum absolute atomic E-state index is 11.9. The number of carbonyl (C=O) groups is 1. The van der Waals surface area contributed by atoms with Crippen LogP contribution in [0, 0.1) is 5.92 Å². The molecule has 0 atom stereocenters. The number of halogens is 2. The summed E-state index contributed by atoms with van der Waals surface area (Å²) in [7, 11) is 0. The lowest BCUT2D eigenvalue weighted by molar-refractivity contribution is 0.0935. The molecule has 3 nitrogen and oxygen atoms in total. The SMILES string of the molecule is NC1CC(CNC(=O)c2c(Cl)cccc2Cl)C1. The standard InChI is InChI=1S/C12H14Cl2N2O/c13-9-2-1-3-10(14)11(9)12(17)16-6-7-4-8(15)5-7/h1-3,7-8H,4-6,15H2,(H,16,17). The number of nitrogens with one attached hydrogen (secondary N) is 1. The summed E-state index contributed by atoms with van der Waals surface area (Å²) >= 11 is 11.9. The van der Waals surface area contributed by atoms with Crippen molar-refractivity contribution < 1.29 is 4.79 Å². The molecule has 5 heteroatoms. The molecule has 0 bridgehead atoms. The van der Waals surface area contributed by atoms with Crippen LogP contribution in [-0.4, -0.2) is 18.5 Å². The Bertz CT molecular complexity index is 410. The molecule has 0 saturated heterocycles. The Morgan fingerprint density at radius 3 is 2.47 bits per heavy atom. The number of carbonyl (C=O) groups excluding carboxylic acids is 1. The quantitative estimate of drug-likeness (QED) is 0.888. The normalized spacial score (nSPS) is 23.0. The summed E-state index contributed by atoms with van der Waals surface area (Å²) in [4.78, 5) is 11.9. The third-order valence-electron chi connectivity index (χ3n) is 3.01. The summed E-state index contributed by atoms with van der Waals surface area (Å²) in [5, 5.41) is 3.59. The van der Waals surface area contributed by atoms with Crippen molar-refractivity contribution in [2.75, 3.05) is 6.54 Å². The van der Waals surface area contributed by atoms with Gasteiger partial charge in [-0.1, -0.05) is 29.3 Å². The lowest BCUT2D eigenvalue weighted by atomic mass is 9.81. The second-order valence-corrected chi connectivity index (χ2v) is 5.22. The summed E-state index contributed by atoms with van der Waals surface area (Å²) in [6, 6.07) is 5.32. The Balaban J connectivity index is 1.95. The minimum Gasteiger partial charge on any atom is -0.352 e. The highest BCUT2D eigenvalue weighted by atomic mass is 35.5. The fraction of sp³-hybridized carbons (Fsp3) is 0.417. The van der Waals surface area contributed by atoms with Crippen molar-refractivity contribution in [3.05, 3.63) is 33.8 Å². The van der Waals surface area contributed by atoms with Crippen molar-refractivity contribution in [3.63, 3.8) is 0 Å². The van der Waals surface area contributed by atoms with E-state index in [1.54, 1.807) is 18.2 Å². The highest BCUT2D eigenvalue weighted by molar-refractivity contribution is 6.39. The number of benzene rings is 1. The molecule has 1 aliphatic carbocycles. The Morgan fingerprint density at radius 2 is 1.94 bits per heavy atom. The van der Waals surface area contributed by atoms with Crippen molar-refractivity contribution in [2.24, 2.45) is 11.7 Å². The molecule has 1 fully saturated rings. The molecular formula is C12H14Cl2N2O. The van der Waals surface area contributed by atoms with E-state index in [4.69, 9.17) is 28.9 Å². The van der Waals surface area contributed by atoms with Crippen LogP contribution in [0.15, 0.2) is 18.2 Å². The largest absolute Gasteiger partial charge is 0.352 e. The van der Waals surface area contributed by atoms with Gasteiger partial charge in [-0.05, 0) is 30.9 Å². The van der Waals surface area contributed by atoms with E-state index in [1.165, 1.54) is 0 Å². The Morgan fingerprint density at radius 1 is 1.35 bits per heavy atom. The van der Waals surface area contributed by atoms with Gasteiger partial charge in [-0.2, -0.15) is 0 Å². The summed E-state index contributed by atoms with van der Waals surface area (Å²) in [6.45, 7) is 0.633. The lowest BCUT2D eigenvalue weighted by Gasteiger charge is -2.32. The Labute approximate surface area is 110 Å². The number of hydrogen-bond donors (Lipinski definition) is 2. The van der Waals surface area contributed by atoms with Crippen LogP contribution < -0.4 is 11.1 Å². The fourth-order valence-corrected chi connectivity index (χ4v) is 2.56. The molecule has 1 aromatic rings. The van der Waals surface area contributed by atoms with Gasteiger partial charge in [0, 0.05) is 12.6 Å². The third kappa shape index (κ3) is 2.92. The van der Waals surface area contributed by atoms with Crippen LogP contribution in [0.2, 0.25) is 10.0 Å². The van der Waals surface area contributed by atoms with Gasteiger partial charge in [0.2, 0.25) is 0 Å². The van der Waals surface area contributed by atoms with Crippen molar-refractivity contribution >= 4 is 29.1 Å². The van der Waals surface area contributed by atoms with E-state index in [0.29, 0.717) is 34.1 Å². The average molecular weight is 273 g/mol. The summed E-state index contributed by atoms with van der Waals surface area (Å²) in [6.07, 6.45) is 1.94. The molecule has 0 heterocycles. The summed E-state index contributed by atoms with van der Waals surface area (Å²) in [5.41, 5.74) is 6.03. The lowest BCUT2D eigenvalue weighted by Crippen LogP contribution is -2.42. The summed E-state index contributed by atoms with van der Waals surface area (Å²) in [5.74, 6) is 0.260. The van der Waals surface area contributed by atoms with Gasteiger partial charge in [-0.3, -0.25) is 4.79 Å². The second-order valence-electron chi connectivity index (χ2n) is 4.40. The zero-order valence-corrected chi connectivity index (χ0v) is 10.8. The maximum atomic E-state index is 11.9. The number of nitrogens with two attached hydrogens (primary N) is 1. The molecule has 3 N–H and O–H groups in total. The molecule has 1 aromatic carbocycles. The van der Waals surface area contributed by atoms with Crippen molar-refractivity contribution in [1.82, 2.24) is 5.32 Å². The van der Waals surface area contributed by atoms with Crippen LogP contribution in [0.5, 0.6) is 0 Å². The molecule has 1 aliphatic rings. The van der Waals surface area contributed by atoms with Crippen LogP contribution in [-0.2, 0) is 0 Å². The van der Waals surface area contributed by atoms with Gasteiger partial charge in [0.15, 0.2) is 0 Å². The smallest absolute Gasteiger partial charge is 0.254 e. The van der Waals surface area contributed by atoms with Crippen LogP contribution >= 0.6 is 23.2 Å². The van der Waals surface area contributed by atoms with Gasteiger partial charge in [-0.15, -0.1) is 0 Å². The Kier molecular flexibility index (Phi) is 3.92. The van der Waals surface area contributed by atoms with Gasteiger partial charge >= 0.3 is 0 Å². The first-order valence-electron chi connectivity index (χ1n) is 5.55. The molecule has 2 rings (SSSR count). The monoisotopic (exact) mass is 272 g/mol. The zero-order valence-electron chi connectivity index (χ0n) is 9.25. The van der Waals surface area contributed by atoms with Crippen molar-refractivity contribution in [2.45, 2.75) is 18.9 Å². The molecular weight excluding hydrogens is 259 g/mol. The topological polar surface area (TPSA) is 55.1 Å². The molecule has 0 aliphatic heterocycles. The van der Waals surface area contributed by atoms with Gasteiger partial charge in [0.05, 0.1) is 15.6 Å². The number of hydrogen-bond acceptors (Lipinski definition) is 2. The van der Waals surface area contributed by atoms with E-state index in [-0.39, 0.29) is 5.91 Å². The van der Waals surface area contributed by atoms with E-state index in [1.807, 2.05) is 0 Å². The molecule has 0 unspecified atom stereocenters. The number of amides is 1. The van der Waals surface area contributed by atoms with Crippen LogP contribution in [0.25, 0.3) is 0 Å². The van der Waals surface area contributed by atoms with Crippen molar-refractivity contribution in [1.29, 1.82) is 0 Å². The van der Waals surface area contributed by atoms with Crippen molar-refractivity contribution in [3.8, 4) is 0 Å². The average Bonchev–Trinajstić information content (AvgIpc) is 2.22. The van der Waals surface area contributed by atoms with Crippen LogP contribution in [0.4, 0.5) is 0 Å². The molecule has 0 spiro atoms. The highest BCUT2D eigenvalue weighted by Crippen LogP contribution is 2.26. The third-order valence-corrected chi connectivity index (χ3v) is 3.64. The fourth-order valence-electron chi connectivity index (χ4n) is 1.99.